The summed E-state index contributed by atoms with van der Waals surface area (Å²) in [7, 11) is -3.24. The first-order valence-electron chi connectivity index (χ1n) is 7.21. The highest BCUT2D eigenvalue weighted by molar-refractivity contribution is 7.88. The Bertz CT molecular complexity index is 542. The second-order valence-electron chi connectivity index (χ2n) is 5.54. The first-order chi connectivity index (χ1) is 9.55. The van der Waals surface area contributed by atoms with E-state index >= 15 is 0 Å². The number of benzene rings is 1. The molecule has 4 nitrogen and oxygen atoms in total. The minimum absolute atomic E-state index is 0.0275. The first kappa shape index (κ1) is 15.5. The van der Waals surface area contributed by atoms with E-state index in [1.165, 1.54) is 0 Å². The maximum Gasteiger partial charge on any atom is 0.218 e. The summed E-state index contributed by atoms with van der Waals surface area (Å²) in [6.07, 6.45) is 3.19. The Labute approximate surface area is 121 Å². The molecule has 1 aromatic carbocycles. The number of sulfonamides is 1. The fourth-order valence-electron chi connectivity index (χ4n) is 2.81. The van der Waals surface area contributed by atoms with E-state index < -0.39 is 10.0 Å². The summed E-state index contributed by atoms with van der Waals surface area (Å²) in [5.41, 5.74) is 1.50. The van der Waals surface area contributed by atoms with E-state index in [1.807, 2.05) is 0 Å². The van der Waals surface area contributed by atoms with Gasteiger partial charge in [0.25, 0.3) is 0 Å². The van der Waals surface area contributed by atoms with Crippen LogP contribution in [0.1, 0.15) is 37.3 Å². The van der Waals surface area contributed by atoms with Crippen molar-refractivity contribution in [1.82, 2.24) is 4.31 Å². The molecule has 1 N–H and O–H groups in total. The molecule has 112 valence electrons. The van der Waals surface area contributed by atoms with Crippen molar-refractivity contribution in [2.75, 3.05) is 13.1 Å². The molecule has 1 unspecified atom stereocenters. The molecule has 1 aromatic rings. The SMILES string of the molecule is CCCC1CCN(S(=O)(=O)Cc2cccc(CO)c2)C1. The molecule has 0 bridgehead atoms. The van der Waals surface area contributed by atoms with Crippen LogP contribution in [-0.2, 0) is 22.4 Å². The second-order valence-corrected chi connectivity index (χ2v) is 7.50. The molecular formula is C15H23NO3S. The van der Waals surface area contributed by atoms with Crippen LogP contribution >= 0.6 is 0 Å². The number of rotatable bonds is 6. The lowest BCUT2D eigenvalue weighted by atomic mass is 10.0. The zero-order valence-electron chi connectivity index (χ0n) is 12.0. The number of nitrogens with zero attached hydrogens (tertiary/aromatic N) is 1. The van der Waals surface area contributed by atoms with Gasteiger partial charge in [0.05, 0.1) is 12.4 Å². The Balaban J connectivity index is 2.04. The summed E-state index contributed by atoms with van der Waals surface area (Å²) < 4.78 is 26.5. The molecule has 2 rings (SSSR count). The van der Waals surface area contributed by atoms with Gasteiger partial charge in [0, 0.05) is 13.1 Å². The van der Waals surface area contributed by atoms with Crippen molar-refractivity contribution in [2.45, 2.75) is 38.5 Å². The van der Waals surface area contributed by atoms with Gasteiger partial charge in [-0.3, -0.25) is 0 Å². The van der Waals surface area contributed by atoms with E-state index in [0.29, 0.717) is 19.0 Å². The maximum atomic E-state index is 12.4. The molecule has 1 saturated heterocycles. The summed E-state index contributed by atoms with van der Waals surface area (Å²) in [5.74, 6) is 0.540. The molecule has 1 atom stereocenters. The van der Waals surface area contributed by atoms with E-state index in [2.05, 4.69) is 6.92 Å². The summed E-state index contributed by atoms with van der Waals surface area (Å²) in [4.78, 5) is 0. The van der Waals surface area contributed by atoms with Crippen molar-refractivity contribution >= 4 is 10.0 Å². The van der Waals surface area contributed by atoms with Crippen LogP contribution in [0, 0.1) is 5.92 Å². The normalized spacial score (nSPS) is 20.4. The second kappa shape index (κ2) is 6.70. The maximum absolute atomic E-state index is 12.4. The zero-order valence-corrected chi connectivity index (χ0v) is 12.8. The molecule has 0 radical (unpaired) electrons. The number of aliphatic hydroxyl groups excluding tert-OH is 1. The highest BCUT2D eigenvalue weighted by Gasteiger charge is 2.30. The average molecular weight is 297 g/mol. The number of hydrogen-bond donors (Lipinski definition) is 1. The van der Waals surface area contributed by atoms with Gasteiger partial charge < -0.3 is 5.11 Å². The highest BCUT2D eigenvalue weighted by Crippen LogP contribution is 2.25. The Morgan fingerprint density at radius 3 is 2.80 bits per heavy atom. The van der Waals surface area contributed by atoms with Crippen molar-refractivity contribution in [3.05, 3.63) is 35.4 Å². The molecule has 0 amide bonds. The van der Waals surface area contributed by atoms with Crippen molar-refractivity contribution in [2.24, 2.45) is 5.92 Å². The van der Waals surface area contributed by atoms with Gasteiger partial charge in [0.1, 0.15) is 0 Å². The fraction of sp³-hybridized carbons (Fsp3) is 0.600. The summed E-state index contributed by atoms with van der Waals surface area (Å²) in [6, 6.07) is 7.15. The smallest absolute Gasteiger partial charge is 0.218 e. The van der Waals surface area contributed by atoms with Crippen LogP contribution in [0.4, 0.5) is 0 Å². The lowest BCUT2D eigenvalue weighted by Gasteiger charge is -2.16. The monoisotopic (exact) mass is 297 g/mol. The fourth-order valence-corrected chi connectivity index (χ4v) is 4.42. The third-order valence-electron chi connectivity index (χ3n) is 3.86. The molecule has 0 aromatic heterocycles. The predicted molar refractivity (Wildman–Crippen MR) is 79.6 cm³/mol. The Kier molecular flexibility index (Phi) is 5.18. The zero-order chi connectivity index (χ0) is 14.6. The van der Waals surface area contributed by atoms with Crippen LogP contribution in [-0.4, -0.2) is 30.9 Å². The highest BCUT2D eigenvalue weighted by atomic mass is 32.2. The predicted octanol–water partition coefficient (Wildman–Crippen LogP) is 2.13. The van der Waals surface area contributed by atoms with E-state index in [1.54, 1.807) is 28.6 Å². The summed E-state index contributed by atoms with van der Waals surface area (Å²) in [5, 5.41) is 9.11. The Morgan fingerprint density at radius 2 is 2.10 bits per heavy atom. The largest absolute Gasteiger partial charge is 0.392 e. The van der Waals surface area contributed by atoms with Crippen molar-refractivity contribution in [3.63, 3.8) is 0 Å². The lowest BCUT2D eigenvalue weighted by Crippen LogP contribution is -2.30. The summed E-state index contributed by atoms with van der Waals surface area (Å²) >= 11 is 0. The Morgan fingerprint density at radius 1 is 1.35 bits per heavy atom. The molecule has 5 heteroatoms. The van der Waals surface area contributed by atoms with Crippen LogP contribution in [0.25, 0.3) is 0 Å². The molecule has 0 saturated carbocycles. The van der Waals surface area contributed by atoms with Gasteiger partial charge in [-0.15, -0.1) is 0 Å². The minimum atomic E-state index is -3.24. The average Bonchev–Trinajstić information content (AvgIpc) is 2.88. The molecule has 0 spiro atoms. The standard InChI is InChI=1S/C15H23NO3S/c1-2-4-13-7-8-16(10-13)20(18,19)12-15-6-3-5-14(9-15)11-17/h3,5-6,9,13,17H,2,4,7-8,10-12H2,1H3. The topological polar surface area (TPSA) is 57.6 Å². The van der Waals surface area contributed by atoms with Crippen molar-refractivity contribution in [1.29, 1.82) is 0 Å². The van der Waals surface area contributed by atoms with E-state index in [0.717, 1.165) is 30.4 Å². The van der Waals surface area contributed by atoms with Gasteiger partial charge >= 0.3 is 0 Å². The third-order valence-corrected chi connectivity index (χ3v) is 5.68. The van der Waals surface area contributed by atoms with Gasteiger partial charge in [-0.2, -0.15) is 0 Å². The molecule has 1 aliphatic rings. The van der Waals surface area contributed by atoms with Gasteiger partial charge in [0.15, 0.2) is 0 Å². The van der Waals surface area contributed by atoms with E-state index in [4.69, 9.17) is 5.11 Å². The minimum Gasteiger partial charge on any atom is -0.392 e. The first-order valence-corrected chi connectivity index (χ1v) is 8.82. The van der Waals surface area contributed by atoms with Gasteiger partial charge in [0.2, 0.25) is 10.0 Å². The van der Waals surface area contributed by atoms with Gasteiger partial charge in [-0.1, -0.05) is 37.6 Å². The van der Waals surface area contributed by atoms with Crippen molar-refractivity contribution < 1.29 is 13.5 Å². The lowest BCUT2D eigenvalue weighted by molar-refractivity contribution is 0.281. The quantitative estimate of drug-likeness (QED) is 0.875. The molecule has 1 fully saturated rings. The van der Waals surface area contributed by atoms with Crippen LogP contribution < -0.4 is 0 Å². The molecule has 1 heterocycles. The molecule has 1 aliphatic heterocycles. The van der Waals surface area contributed by atoms with Crippen LogP contribution in [0.15, 0.2) is 24.3 Å². The van der Waals surface area contributed by atoms with Crippen molar-refractivity contribution in [3.8, 4) is 0 Å². The van der Waals surface area contributed by atoms with Crippen LogP contribution in [0.5, 0.6) is 0 Å². The van der Waals surface area contributed by atoms with Crippen LogP contribution in [0.2, 0.25) is 0 Å². The molecular weight excluding hydrogens is 274 g/mol. The van der Waals surface area contributed by atoms with Crippen LogP contribution in [0.3, 0.4) is 0 Å². The summed E-state index contributed by atoms with van der Waals surface area (Å²) in [6.45, 7) is 3.39. The number of hydrogen-bond acceptors (Lipinski definition) is 3. The van der Waals surface area contributed by atoms with Gasteiger partial charge in [-0.25, -0.2) is 12.7 Å². The number of aliphatic hydroxyl groups is 1. The molecule has 0 aliphatic carbocycles. The van der Waals surface area contributed by atoms with Gasteiger partial charge in [-0.05, 0) is 29.9 Å². The third kappa shape index (κ3) is 3.81. The molecule has 20 heavy (non-hydrogen) atoms. The Hall–Kier alpha value is -0.910. The van der Waals surface area contributed by atoms with E-state index in [-0.39, 0.29) is 12.4 Å². The van der Waals surface area contributed by atoms with E-state index in [9.17, 15) is 8.42 Å².